The van der Waals surface area contributed by atoms with Crippen molar-refractivity contribution >= 4 is 0 Å². The van der Waals surface area contributed by atoms with E-state index in [9.17, 15) is 0 Å². The highest BCUT2D eigenvalue weighted by molar-refractivity contribution is 5.07. The van der Waals surface area contributed by atoms with Crippen molar-refractivity contribution in [3.8, 4) is 0 Å². The second-order valence-electron chi connectivity index (χ2n) is 4.20. The molecule has 1 aliphatic carbocycles. The molecule has 3 atom stereocenters. The zero-order valence-electron chi connectivity index (χ0n) is 7.46. The summed E-state index contributed by atoms with van der Waals surface area (Å²) in [5.41, 5.74) is 6.00. The fourth-order valence-corrected chi connectivity index (χ4v) is 2.69. The van der Waals surface area contributed by atoms with Gasteiger partial charge in [-0.3, -0.25) is 0 Å². The Balaban J connectivity index is 1.87. The summed E-state index contributed by atoms with van der Waals surface area (Å²) in [5, 5.41) is 0. The van der Waals surface area contributed by atoms with Crippen molar-refractivity contribution in [2.75, 3.05) is 20.1 Å². The van der Waals surface area contributed by atoms with Gasteiger partial charge in [0.25, 0.3) is 0 Å². The van der Waals surface area contributed by atoms with Gasteiger partial charge < -0.3 is 10.6 Å². The maximum Gasteiger partial charge on any atom is 0.00710 e. The molecule has 3 unspecified atom stereocenters. The van der Waals surface area contributed by atoms with Gasteiger partial charge in [0.1, 0.15) is 0 Å². The Labute approximate surface area is 68.7 Å². The minimum absolute atomic E-state index is 0.485. The van der Waals surface area contributed by atoms with Crippen LogP contribution in [0.25, 0.3) is 0 Å². The van der Waals surface area contributed by atoms with Crippen LogP contribution >= 0.6 is 0 Å². The molecule has 1 saturated heterocycles. The molecule has 0 amide bonds. The van der Waals surface area contributed by atoms with E-state index in [0.29, 0.717) is 6.04 Å². The second kappa shape index (κ2) is 2.46. The molecule has 0 bridgehead atoms. The molecule has 2 fully saturated rings. The molecule has 1 aliphatic heterocycles. The monoisotopic (exact) mass is 154 g/mol. The van der Waals surface area contributed by atoms with Gasteiger partial charge in [-0.1, -0.05) is 6.92 Å². The average Bonchev–Trinajstić information content (AvgIpc) is 2.48. The summed E-state index contributed by atoms with van der Waals surface area (Å²) in [7, 11) is 2.21. The summed E-state index contributed by atoms with van der Waals surface area (Å²) in [6.07, 6.45) is 1.15. The van der Waals surface area contributed by atoms with Crippen LogP contribution < -0.4 is 5.73 Å². The van der Waals surface area contributed by atoms with Gasteiger partial charge in [-0.15, -0.1) is 0 Å². The molecule has 11 heavy (non-hydrogen) atoms. The molecule has 1 saturated carbocycles. The lowest BCUT2D eigenvalue weighted by Crippen LogP contribution is -2.29. The van der Waals surface area contributed by atoms with E-state index in [0.717, 1.165) is 24.2 Å². The summed E-state index contributed by atoms with van der Waals surface area (Å²) in [4.78, 5) is 2.42. The van der Waals surface area contributed by atoms with Crippen molar-refractivity contribution in [3.63, 3.8) is 0 Å². The molecular weight excluding hydrogens is 136 g/mol. The number of rotatable bonds is 2. The topological polar surface area (TPSA) is 29.3 Å². The van der Waals surface area contributed by atoms with E-state index in [4.69, 9.17) is 5.73 Å². The molecule has 2 heteroatoms. The molecule has 2 aliphatic rings. The molecule has 2 N–H and O–H groups in total. The number of hydrogen-bond donors (Lipinski definition) is 1. The summed E-state index contributed by atoms with van der Waals surface area (Å²) in [6.45, 7) is 4.79. The molecule has 0 aromatic carbocycles. The average molecular weight is 154 g/mol. The molecule has 0 spiro atoms. The van der Waals surface area contributed by atoms with Crippen LogP contribution in [0.4, 0.5) is 0 Å². The Hall–Kier alpha value is -0.0800. The van der Waals surface area contributed by atoms with Crippen molar-refractivity contribution in [3.05, 3.63) is 0 Å². The Kier molecular flexibility index (Phi) is 1.69. The van der Waals surface area contributed by atoms with Crippen LogP contribution in [0.15, 0.2) is 0 Å². The van der Waals surface area contributed by atoms with Gasteiger partial charge >= 0.3 is 0 Å². The number of nitrogens with two attached hydrogens (primary N) is 1. The fourth-order valence-electron chi connectivity index (χ4n) is 2.69. The number of nitrogens with zero attached hydrogens (tertiary/aromatic N) is 1. The first-order valence-electron chi connectivity index (χ1n) is 4.68. The van der Waals surface area contributed by atoms with Crippen LogP contribution in [-0.4, -0.2) is 31.1 Å². The van der Waals surface area contributed by atoms with Crippen molar-refractivity contribution in [1.29, 1.82) is 0 Å². The highest BCUT2D eigenvalue weighted by Crippen LogP contribution is 2.52. The summed E-state index contributed by atoms with van der Waals surface area (Å²) in [6, 6.07) is 0.485. The Morgan fingerprint density at radius 2 is 2.00 bits per heavy atom. The van der Waals surface area contributed by atoms with Crippen LogP contribution in [-0.2, 0) is 0 Å². The number of likely N-dealkylation sites (tertiary alicyclic amines) is 1. The zero-order valence-corrected chi connectivity index (χ0v) is 7.46. The largest absolute Gasteiger partial charge is 0.327 e. The molecule has 2 rings (SSSR count). The SMILES string of the molecule is CCC(N)C1C2CN(C)CC21. The number of fused-ring (bicyclic) bond motifs is 1. The summed E-state index contributed by atoms with van der Waals surface area (Å²) < 4.78 is 0. The first-order chi connectivity index (χ1) is 5.24. The lowest BCUT2D eigenvalue weighted by Gasteiger charge is -2.16. The van der Waals surface area contributed by atoms with E-state index in [1.165, 1.54) is 13.1 Å². The van der Waals surface area contributed by atoms with Crippen molar-refractivity contribution < 1.29 is 0 Å². The Morgan fingerprint density at radius 1 is 1.45 bits per heavy atom. The van der Waals surface area contributed by atoms with Gasteiger partial charge in [0.05, 0.1) is 0 Å². The van der Waals surface area contributed by atoms with E-state index in [1.54, 1.807) is 0 Å². The van der Waals surface area contributed by atoms with Crippen LogP contribution in [0.5, 0.6) is 0 Å². The van der Waals surface area contributed by atoms with Crippen molar-refractivity contribution in [2.24, 2.45) is 23.5 Å². The second-order valence-corrected chi connectivity index (χ2v) is 4.20. The minimum Gasteiger partial charge on any atom is -0.327 e. The van der Waals surface area contributed by atoms with Crippen LogP contribution in [0.3, 0.4) is 0 Å². The third kappa shape index (κ3) is 1.09. The van der Waals surface area contributed by atoms with E-state index in [-0.39, 0.29) is 0 Å². The van der Waals surface area contributed by atoms with E-state index < -0.39 is 0 Å². The maximum atomic E-state index is 6.00. The quantitative estimate of drug-likeness (QED) is 0.628. The highest BCUT2D eigenvalue weighted by atomic mass is 15.2. The van der Waals surface area contributed by atoms with Crippen molar-refractivity contribution in [2.45, 2.75) is 19.4 Å². The molecule has 64 valence electrons. The van der Waals surface area contributed by atoms with Gasteiger partial charge in [0, 0.05) is 19.1 Å². The Morgan fingerprint density at radius 3 is 2.45 bits per heavy atom. The lowest BCUT2D eigenvalue weighted by molar-refractivity contribution is 0.325. The summed E-state index contributed by atoms with van der Waals surface area (Å²) in [5.74, 6) is 2.78. The smallest absolute Gasteiger partial charge is 0.00710 e. The first-order valence-corrected chi connectivity index (χ1v) is 4.68. The van der Waals surface area contributed by atoms with Gasteiger partial charge in [-0.05, 0) is 31.2 Å². The third-order valence-corrected chi connectivity index (χ3v) is 3.41. The maximum absolute atomic E-state index is 6.00. The van der Waals surface area contributed by atoms with E-state index in [2.05, 4.69) is 18.9 Å². The number of hydrogen-bond acceptors (Lipinski definition) is 2. The van der Waals surface area contributed by atoms with Crippen molar-refractivity contribution in [1.82, 2.24) is 4.90 Å². The molecular formula is C9H18N2. The van der Waals surface area contributed by atoms with Crippen LogP contribution in [0.2, 0.25) is 0 Å². The summed E-state index contributed by atoms with van der Waals surface area (Å²) >= 11 is 0. The third-order valence-electron chi connectivity index (χ3n) is 3.41. The van der Waals surface area contributed by atoms with Gasteiger partial charge in [0.2, 0.25) is 0 Å². The fraction of sp³-hybridized carbons (Fsp3) is 1.00. The minimum atomic E-state index is 0.485. The predicted octanol–water partition coefficient (Wildman–Crippen LogP) is 0.531. The lowest BCUT2D eigenvalue weighted by atomic mass is 10.1. The zero-order chi connectivity index (χ0) is 8.01. The highest BCUT2D eigenvalue weighted by Gasteiger charge is 2.56. The molecule has 0 aromatic rings. The van der Waals surface area contributed by atoms with Crippen LogP contribution in [0, 0.1) is 17.8 Å². The molecule has 0 aromatic heterocycles. The van der Waals surface area contributed by atoms with Gasteiger partial charge in [-0.2, -0.15) is 0 Å². The normalized spacial score (nSPS) is 45.5. The first kappa shape index (κ1) is 7.56. The van der Waals surface area contributed by atoms with Gasteiger partial charge in [-0.25, -0.2) is 0 Å². The van der Waals surface area contributed by atoms with Crippen LogP contribution in [0.1, 0.15) is 13.3 Å². The predicted molar refractivity (Wildman–Crippen MR) is 46.2 cm³/mol. The standard InChI is InChI=1S/C9H18N2/c1-3-8(10)9-6-4-11(2)5-7(6)9/h6-9H,3-5,10H2,1-2H3. The molecule has 2 nitrogen and oxygen atoms in total. The number of piperidine rings is 1. The molecule has 0 radical (unpaired) electrons. The Bertz CT molecular complexity index is 146. The van der Waals surface area contributed by atoms with E-state index in [1.807, 2.05) is 0 Å². The van der Waals surface area contributed by atoms with E-state index >= 15 is 0 Å². The molecule has 1 heterocycles. The van der Waals surface area contributed by atoms with Gasteiger partial charge in [0.15, 0.2) is 0 Å².